The molecule has 0 aromatic heterocycles. The molecular formula is C10H11N3O2S. The van der Waals surface area contributed by atoms with E-state index in [1.54, 1.807) is 0 Å². The Labute approximate surface area is 93.9 Å². The van der Waals surface area contributed by atoms with Crippen LogP contribution in [0.1, 0.15) is 18.4 Å². The molecule has 16 heavy (non-hydrogen) atoms. The Kier molecular flexibility index (Phi) is 2.48. The van der Waals surface area contributed by atoms with Crippen LogP contribution in [0, 0.1) is 11.3 Å². The van der Waals surface area contributed by atoms with E-state index in [-0.39, 0.29) is 10.9 Å². The molecule has 1 aromatic carbocycles. The highest BCUT2D eigenvalue weighted by Gasteiger charge is 2.35. The third-order valence-electron chi connectivity index (χ3n) is 2.40. The van der Waals surface area contributed by atoms with Gasteiger partial charge in [0.2, 0.25) is 10.0 Å². The highest BCUT2D eigenvalue weighted by atomic mass is 32.2. The predicted molar refractivity (Wildman–Crippen MR) is 61.1 cm³/mol. The lowest BCUT2D eigenvalue weighted by Gasteiger charge is -2.09. The van der Waals surface area contributed by atoms with Crippen LogP contribution in [0.3, 0.4) is 0 Å². The number of hydrogen-bond acceptors (Lipinski definition) is 4. The molecule has 0 amide bonds. The van der Waals surface area contributed by atoms with Gasteiger partial charge in [-0.05, 0) is 31.0 Å². The van der Waals surface area contributed by atoms with Crippen molar-refractivity contribution in [3.05, 3.63) is 23.8 Å². The van der Waals surface area contributed by atoms with Gasteiger partial charge in [0.05, 0.1) is 28.3 Å². The molecule has 0 unspecified atom stereocenters. The molecule has 3 N–H and O–H groups in total. The maximum Gasteiger partial charge on any atom is 0.235 e. The minimum Gasteiger partial charge on any atom is -0.397 e. The van der Waals surface area contributed by atoms with Crippen molar-refractivity contribution in [1.29, 1.82) is 5.26 Å². The molecule has 0 spiro atoms. The quantitative estimate of drug-likeness (QED) is 0.768. The van der Waals surface area contributed by atoms with Crippen LogP contribution in [0.2, 0.25) is 0 Å². The Morgan fingerprint density at radius 1 is 1.44 bits per heavy atom. The topological polar surface area (TPSA) is 96.0 Å². The van der Waals surface area contributed by atoms with E-state index >= 15 is 0 Å². The van der Waals surface area contributed by atoms with Crippen LogP contribution in [-0.4, -0.2) is 13.7 Å². The van der Waals surface area contributed by atoms with Crippen molar-refractivity contribution >= 4 is 21.4 Å². The second-order valence-electron chi connectivity index (χ2n) is 3.76. The molecule has 2 rings (SSSR count). The minimum atomic E-state index is -3.30. The number of nitrogens with two attached hydrogens (primary N) is 1. The molecule has 1 fully saturated rings. The zero-order valence-electron chi connectivity index (χ0n) is 8.47. The molecule has 1 saturated carbocycles. The molecule has 0 bridgehead atoms. The van der Waals surface area contributed by atoms with Crippen molar-refractivity contribution in [2.45, 2.75) is 18.1 Å². The molecule has 1 aliphatic rings. The summed E-state index contributed by atoms with van der Waals surface area (Å²) in [5.74, 6) is 0. The number of nitrogens with one attached hydrogen (secondary N) is 1. The Morgan fingerprint density at radius 2 is 2.12 bits per heavy atom. The second kappa shape index (κ2) is 3.68. The SMILES string of the molecule is N#Cc1ccc(NS(=O)(=O)C2CC2)c(N)c1. The van der Waals surface area contributed by atoms with E-state index in [1.165, 1.54) is 18.2 Å². The monoisotopic (exact) mass is 237 g/mol. The predicted octanol–water partition coefficient (Wildman–Crippen LogP) is 1.04. The lowest BCUT2D eigenvalue weighted by atomic mass is 10.2. The van der Waals surface area contributed by atoms with Crippen molar-refractivity contribution in [2.24, 2.45) is 0 Å². The first-order chi connectivity index (χ1) is 7.53. The van der Waals surface area contributed by atoms with Crippen LogP contribution in [0.5, 0.6) is 0 Å². The molecule has 0 saturated heterocycles. The zero-order chi connectivity index (χ0) is 11.8. The first kappa shape index (κ1) is 10.8. The van der Waals surface area contributed by atoms with E-state index in [0.29, 0.717) is 24.1 Å². The number of anilines is 2. The van der Waals surface area contributed by atoms with Gasteiger partial charge in [-0.2, -0.15) is 5.26 Å². The van der Waals surface area contributed by atoms with Crippen LogP contribution in [0.15, 0.2) is 18.2 Å². The maximum atomic E-state index is 11.6. The number of rotatable bonds is 3. The van der Waals surface area contributed by atoms with E-state index in [1.807, 2.05) is 6.07 Å². The van der Waals surface area contributed by atoms with Gasteiger partial charge in [0, 0.05) is 0 Å². The summed E-state index contributed by atoms with van der Waals surface area (Å²) >= 11 is 0. The van der Waals surface area contributed by atoms with Gasteiger partial charge in [-0.25, -0.2) is 8.42 Å². The van der Waals surface area contributed by atoms with Crippen LogP contribution >= 0.6 is 0 Å². The lowest BCUT2D eigenvalue weighted by Crippen LogP contribution is -2.18. The summed E-state index contributed by atoms with van der Waals surface area (Å²) in [4.78, 5) is 0. The first-order valence-electron chi connectivity index (χ1n) is 4.84. The second-order valence-corrected chi connectivity index (χ2v) is 5.72. The van der Waals surface area contributed by atoms with Crippen molar-refractivity contribution in [2.75, 3.05) is 10.5 Å². The molecule has 1 aromatic rings. The van der Waals surface area contributed by atoms with Gasteiger partial charge in [0.25, 0.3) is 0 Å². The Hall–Kier alpha value is -1.74. The van der Waals surface area contributed by atoms with E-state index < -0.39 is 10.0 Å². The Balaban J connectivity index is 2.26. The first-order valence-corrected chi connectivity index (χ1v) is 6.39. The standard InChI is InChI=1S/C10H11N3O2S/c11-6-7-1-4-10(9(12)5-7)13-16(14,15)8-2-3-8/h1,4-5,8,13H,2-3,12H2. The fourth-order valence-electron chi connectivity index (χ4n) is 1.34. The lowest BCUT2D eigenvalue weighted by molar-refractivity contribution is 0.600. The highest BCUT2D eigenvalue weighted by molar-refractivity contribution is 7.93. The van der Waals surface area contributed by atoms with Crippen molar-refractivity contribution in [3.63, 3.8) is 0 Å². The van der Waals surface area contributed by atoms with Gasteiger partial charge >= 0.3 is 0 Å². The average Bonchev–Trinajstić information content (AvgIpc) is 3.04. The van der Waals surface area contributed by atoms with E-state index in [4.69, 9.17) is 11.0 Å². The molecule has 0 atom stereocenters. The van der Waals surface area contributed by atoms with Gasteiger partial charge < -0.3 is 5.73 Å². The summed E-state index contributed by atoms with van der Waals surface area (Å²) < 4.78 is 25.7. The number of benzene rings is 1. The van der Waals surface area contributed by atoms with Gasteiger partial charge in [0.1, 0.15) is 0 Å². The Bertz CT molecular complexity index is 556. The summed E-state index contributed by atoms with van der Waals surface area (Å²) in [6.07, 6.45) is 1.40. The fourth-order valence-corrected chi connectivity index (χ4v) is 2.76. The third-order valence-corrected chi connectivity index (χ3v) is 4.25. The van der Waals surface area contributed by atoms with Gasteiger partial charge in [-0.1, -0.05) is 0 Å². The van der Waals surface area contributed by atoms with E-state index in [0.717, 1.165) is 0 Å². The number of nitrogens with zero attached hydrogens (tertiary/aromatic N) is 1. The molecule has 0 radical (unpaired) electrons. The number of nitriles is 1. The summed E-state index contributed by atoms with van der Waals surface area (Å²) in [6.45, 7) is 0. The largest absolute Gasteiger partial charge is 0.397 e. The van der Waals surface area contributed by atoms with Crippen LogP contribution in [0.4, 0.5) is 11.4 Å². The minimum absolute atomic E-state index is 0.267. The normalized spacial score (nSPS) is 15.4. The maximum absolute atomic E-state index is 11.6. The van der Waals surface area contributed by atoms with Gasteiger partial charge in [-0.15, -0.1) is 0 Å². The van der Waals surface area contributed by atoms with Crippen molar-refractivity contribution < 1.29 is 8.42 Å². The van der Waals surface area contributed by atoms with Gasteiger partial charge in [0.15, 0.2) is 0 Å². The third kappa shape index (κ3) is 2.09. The molecule has 0 heterocycles. The van der Waals surface area contributed by atoms with E-state index in [2.05, 4.69) is 4.72 Å². The summed E-state index contributed by atoms with van der Waals surface area (Å²) in [5, 5.41) is 8.35. The summed E-state index contributed by atoms with van der Waals surface area (Å²) in [7, 11) is -3.30. The highest BCUT2D eigenvalue weighted by Crippen LogP contribution is 2.31. The van der Waals surface area contributed by atoms with Crippen molar-refractivity contribution in [3.8, 4) is 6.07 Å². The molecule has 1 aliphatic carbocycles. The fraction of sp³-hybridized carbons (Fsp3) is 0.300. The summed E-state index contributed by atoms with van der Waals surface area (Å²) in [6, 6.07) is 6.42. The number of sulfonamides is 1. The Morgan fingerprint density at radius 3 is 2.62 bits per heavy atom. The van der Waals surface area contributed by atoms with Crippen LogP contribution < -0.4 is 10.5 Å². The smallest absolute Gasteiger partial charge is 0.235 e. The van der Waals surface area contributed by atoms with Crippen LogP contribution in [0.25, 0.3) is 0 Å². The molecule has 6 heteroatoms. The molecule has 84 valence electrons. The molecule has 5 nitrogen and oxygen atoms in total. The van der Waals surface area contributed by atoms with Crippen molar-refractivity contribution in [1.82, 2.24) is 0 Å². The summed E-state index contributed by atoms with van der Waals surface area (Å²) in [5.41, 5.74) is 6.66. The average molecular weight is 237 g/mol. The van der Waals surface area contributed by atoms with Crippen LogP contribution in [-0.2, 0) is 10.0 Å². The number of nitrogen functional groups attached to an aromatic ring is 1. The number of hydrogen-bond donors (Lipinski definition) is 2. The zero-order valence-corrected chi connectivity index (χ0v) is 9.29. The van der Waals surface area contributed by atoms with E-state index in [9.17, 15) is 8.42 Å². The molecular weight excluding hydrogens is 226 g/mol. The van der Waals surface area contributed by atoms with Gasteiger partial charge in [-0.3, -0.25) is 4.72 Å². The molecule has 0 aliphatic heterocycles.